The monoisotopic (exact) mass is 357 g/mol. The van der Waals surface area contributed by atoms with E-state index in [9.17, 15) is 14.4 Å². The number of unbranched alkanes of at least 4 members (excludes halogenated alkanes) is 2. The van der Waals surface area contributed by atoms with Crippen molar-refractivity contribution in [1.82, 2.24) is 5.32 Å². The van der Waals surface area contributed by atoms with Crippen molar-refractivity contribution in [3.8, 4) is 0 Å². The molecule has 5 heteroatoms. The fourth-order valence-corrected chi connectivity index (χ4v) is 2.93. The van der Waals surface area contributed by atoms with E-state index in [4.69, 9.17) is 4.74 Å². The summed E-state index contributed by atoms with van der Waals surface area (Å²) in [5, 5.41) is 2.12. The fraction of sp³-hybridized carbons (Fsp3) is 0.476. The number of ether oxygens (including phenoxy) is 1. The molecule has 0 unspecified atom stereocenters. The summed E-state index contributed by atoms with van der Waals surface area (Å²) in [6.45, 7) is 4.54. The normalized spacial score (nSPS) is 13.5. The Morgan fingerprint density at radius 3 is 2.35 bits per heavy atom. The first-order valence-electron chi connectivity index (χ1n) is 9.35. The van der Waals surface area contributed by atoms with Gasteiger partial charge in [0.15, 0.2) is 0 Å². The van der Waals surface area contributed by atoms with Gasteiger partial charge >= 0.3 is 5.97 Å². The molecule has 0 radical (unpaired) electrons. The zero-order valence-corrected chi connectivity index (χ0v) is 15.6. The largest absolute Gasteiger partial charge is 0.461 e. The summed E-state index contributed by atoms with van der Waals surface area (Å²) in [6.07, 6.45) is 7.69. The predicted molar refractivity (Wildman–Crippen MR) is 99.3 cm³/mol. The molecule has 0 bridgehead atoms. The number of carbonyl (C=O) groups excluding carboxylic acids is 3. The molecule has 1 aromatic rings. The number of carbonyl (C=O) groups is 3. The van der Waals surface area contributed by atoms with Crippen molar-refractivity contribution in [3.63, 3.8) is 0 Å². The Kier molecular flexibility index (Phi) is 7.57. The lowest BCUT2D eigenvalue weighted by atomic mass is 9.96. The first-order chi connectivity index (χ1) is 12.5. The molecule has 140 valence electrons. The molecule has 0 fully saturated rings. The van der Waals surface area contributed by atoms with Crippen molar-refractivity contribution in [2.45, 2.75) is 65.4 Å². The Hall–Kier alpha value is -2.43. The van der Waals surface area contributed by atoms with Gasteiger partial charge in [-0.25, -0.2) is 0 Å². The van der Waals surface area contributed by atoms with Gasteiger partial charge in [0.05, 0.1) is 6.42 Å². The van der Waals surface area contributed by atoms with E-state index in [2.05, 4.69) is 31.3 Å². The average molecular weight is 357 g/mol. The van der Waals surface area contributed by atoms with Gasteiger partial charge in [0.25, 0.3) is 11.8 Å². The number of nitrogens with one attached hydrogen (secondary N) is 1. The number of amides is 2. The molecule has 1 aliphatic rings. The van der Waals surface area contributed by atoms with Crippen LogP contribution in [-0.4, -0.2) is 17.8 Å². The van der Waals surface area contributed by atoms with Crippen LogP contribution in [0.25, 0.3) is 0 Å². The summed E-state index contributed by atoms with van der Waals surface area (Å²) in [5.74, 6) is -1.51. The van der Waals surface area contributed by atoms with Crippen LogP contribution in [0.4, 0.5) is 0 Å². The van der Waals surface area contributed by atoms with E-state index in [-0.39, 0.29) is 18.6 Å². The zero-order valence-electron chi connectivity index (χ0n) is 15.6. The SMILES string of the molecule is CCCCc1ccc(COC(=O)CC2=CC(=O)NC2=O)cc1CCCC. The Morgan fingerprint density at radius 2 is 1.73 bits per heavy atom. The Balaban J connectivity index is 1.95. The van der Waals surface area contributed by atoms with Crippen LogP contribution < -0.4 is 5.32 Å². The van der Waals surface area contributed by atoms with Gasteiger partial charge in [-0.15, -0.1) is 0 Å². The third-order valence-corrected chi connectivity index (χ3v) is 4.44. The van der Waals surface area contributed by atoms with E-state index < -0.39 is 17.8 Å². The van der Waals surface area contributed by atoms with E-state index in [0.717, 1.165) is 37.3 Å². The first kappa shape index (κ1) is 19.9. The van der Waals surface area contributed by atoms with Gasteiger partial charge in [0.2, 0.25) is 0 Å². The van der Waals surface area contributed by atoms with Gasteiger partial charge in [-0.05, 0) is 42.4 Å². The second kappa shape index (κ2) is 9.90. The van der Waals surface area contributed by atoms with Crippen LogP contribution in [0, 0.1) is 0 Å². The number of imide groups is 1. The fourth-order valence-electron chi connectivity index (χ4n) is 2.93. The van der Waals surface area contributed by atoms with Crippen LogP contribution in [0.3, 0.4) is 0 Å². The minimum atomic E-state index is -0.519. The average Bonchev–Trinajstić information content (AvgIpc) is 2.94. The maximum absolute atomic E-state index is 11.9. The quantitative estimate of drug-likeness (QED) is 0.515. The number of hydrogen-bond donors (Lipinski definition) is 1. The van der Waals surface area contributed by atoms with Crippen molar-refractivity contribution in [2.75, 3.05) is 0 Å². The van der Waals surface area contributed by atoms with Crippen molar-refractivity contribution < 1.29 is 19.1 Å². The van der Waals surface area contributed by atoms with E-state index in [1.54, 1.807) is 0 Å². The van der Waals surface area contributed by atoms with Gasteiger partial charge in [-0.3, -0.25) is 19.7 Å². The maximum Gasteiger partial charge on any atom is 0.310 e. The molecule has 1 heterocycles. The number of aryl methyl sites for hydroxylation is 2. The van der Waals surface area contributed by atoms with Crippen LogP contribution in [0.15, 0.2) is 29.8 Å². The maximum atomic E-state index is 11.9. The lowest BCUT2D eigenvalue weighted by Crippen LogP contribution is -2.23. The molecule has 0 aromatic heterocycles. The van der Waals surface area contributed by atoms with Gasteiger partial charge < -0.3 is 4.74 Å². The third kappa shape index (κ3) is 5.83. The highest BCUT2D eigenvalue weighted by atomic mass is 16.5. The summed E-state index contributed by atoms with van der Waals surface area (Å²) >= 11 is 0. The molecule has 0 spiro atoms. The second-order valence-corrected chi connectivity index (χ2v) is 6.64. The van der Waals surface area contributed by atoms with E-state index >= 15 is 0 Å². The molecule has 0 aliphatic carbocycles. The molecule has 1 N–H and O–H groups in total. The lowest BCUT2D eigenvalue weighted by Gasteiger charge is -2.12. The van der Waals surface area contributed by atoms with Gasteiger partial charge in [-0.1, -0.05) is 44.9 Å². The molecule has 0 atom stereocenters. The van der Waals surface area contributed by atoms with Crippen LogP contribution >= 0.6 is 0 Å². The minimum absolute atomic E-state index is 0.151. The number of benzene rings is 1. The molecular weight excluding hydrogens is 330 g/mol. The van der Waals surface area contributed by atoms with E-state index in [1.165, 1.54) is 24.0 Å². The zero-order chi connectivity index (χ0) is 18.9. The van der Waals surface area contributed by atoms with Crippen LogP contribution in [0.1, 0.15) is 62.6 Å². The van der Waals surface area contributed by atoms with Gasteiger partial charge in [0, 0.05) is 11.6 Å². The van der Waals surface area contributed by atoms with Crippen molar-refractivity contribution >= 4 is 17.8 Å². The molecule has 26 heavy (non-hydrogen) atoms. The number of esters is 1. The van der Waals surface area contributed by atoms with Crippen molar-refractivity contribution in [3.05, 3.63) is 46.5 Å². The topological polar surface area (TPSA) is 72.5 Å². The highest BCUT2D eigenvalue weighted by Gasteiger charge is 2.23. The van der Waals surface area contributed by atoms with Crippen LogP contribution in [0.5, 0.6) is 0 Å². The first-order valence-corrected chi connectivity index (χ1v) is 9.35. The van der Waals surface area contributed by atoms with E-state index in [0.29, 0.717) is 0 Å². The molecule has 0 saturated heterocycles. The van der Waals surface area contributed by atoms with Gasteiger partial charge in [-0.2, -0.15) is 0 Å². The molecule has 5 nitrogen and oxygen atoms in total. The highest BCUT2D eigenvalue weighted by Crippen LogP contribution is 2.19. The number of rotatable bonds is 10. The summed E-state index contributed by atoms with van der Waals surface area (Å²) in [6, 6.07) is 6.26. The molecule has 2 rings (SSSR count). The van der Waals surface area contributed by atoms with Gasteiger partial charge in [0.1, 0.15) is 6.61 Å². The summed E-state index contributed by atoms with van der Waals surface area (Å²) < 4.78 is 5.28. The summed E-state index contributed by atoms with van der Waals surface area (Å²) in [4.78, 5) is 34.5. The standard InChI is InChI=1S/C21H27NO4/c1-3-5-7-16-10-9-15(11-17(16)8-6-4-2)14-26-20(24)13-18-12-19(23)22-21(18)25/h9-12H,3-8,13-14H2,1-2H3,(H,22,23,25). The molecular formula is C21H27NO4. The predicted octanol–water partition coefficient (Wildman–Crippen LogP) is 3.39. The Labute approximate surface area is 154 Å². The third-order valence-electron chi connectivity index (χ3n) is 4.44. The molecule has 1 aliphatic heterocycles. The Bertz CT molecular complexity index is 706. The summed E-state index contributed by atoms with van der Waals surface area (Å²) in [5.41, 5.74) is 3.81. The lowest BCUT2D eigenvalue weighted by molar-refractivity contribution is -0.144. The highest BCUT2D eigenvalue weighted by molar-refractivity contribution is 6.17. The minimum Gasteiger partial charge on any atom is -0.461 e. The van der Waals surface area contributed by atoms with Crippen LogP contribution in [0.2, 0.25) is 0 Å². The number of hydrogen-bond acceptors (Lipinski definition) is 4. The van der Waals surface area contributed by atoms with E-state index in [1.807, 2.05) is 6.07 Å². The van der Waals surface area contributed by atoms with Crippen molar-refractivity contribution in [2.24, 2.45) is 0 Å². The summed E-state index contributed by atoms with van der Waals surface area (Å²) in [7, 11) is 0. The molecule has 2 amide bonds. The van der Waals surface area contributed by atoms with Crippen LogP contribution in [-0.2, 0) is 38.6 Å². The second-order valence-electron chi connectivity index (χ2n) is 6.64. The molecule has 0 saturated carbocycles. The Morgan fingerprint density at radius 1 is 1.04 bits per heavy atom. The smallest absolute Gasteiger partial charge is 0.310 e. The van der Waals surface area contributed by atoms with Crippen molar-refractivity contribution in [1.29, 1.82) is 0 Å². The molecule has 1 aromatic carbocycles.